The molecule has 1 rings (SSSR count). The highest BCUT2D eigenvalue weighted by Gasteiger charge is 2.44. The number of aliphatic hydroxyl groups excluding tert-OH is 4. The number of hydrogen-bond donors (Lipinski definition) is 4. The molecule has 0 bridgehead atoms. The molecule has 57 heavy (non-hydrogen) atoms. The standard InChI is InChI=1S/C47H76O10/c1-3-5-7-9-11-13-15-17-19-20-22-23-25-27-29-31-33-35-42(49)54-38-40(39-55-47-46(53)45(52)44(51)41(37-48)57-47)56-43(50)36-34-32-30-28-26-24-21-18-16-14-12-10-8-6-4-2/h6,8,10,12,14,16-19,21-23,27,29,40-41,44-48,51-53H,3-5,7,9,11,13,15,20,24-26,28,30-39H2,1-2H3/b8-6+,12-10+,16-14+,19-17+,21-18+,23-22+,29-27+/t40-,41-,44+,45?,46?,47-/m0/s1. The lowest BCUT2D eigenvalue weighted by Gasteiger charge is -2.39. The largest absolute Gasteiger partial charge is 0.462 e. The third-order valence-corrected chi connectivity index (χ3v) is 9.36. The number of carbonyl (C=O) groups excluding carboxylic acids is 2. The van der Waals surface area contributed by atoms with Crippen LogP contribution in [0.3, 0.4) is 0 Å². The molecular weight excluding hydrogens is 725 g/mol. The van der Waals surface area contributed by atoms with Gasteiger partial charge in [0.2, 0.25) is 0 Å². The fourth-order valence-electron chi connectivity index (χ4n) is 5.92. The Balaban J connectivity index is 2.41. The van der Waals surface area contributed by atoms with Crippen LogP contribution in [0, 0.1) is 0 Å². The molecule has 1 saturated heterocycles. The Labute approximate surface area is 344 Å². The maximum Gasteiger partial charge on any atom is 0.306 e. The van der Waals surface area contributed by atoms with Gasteiger partial charge >= 0.3 is 11.9 Å². The fraction of sp³-hybridized carbons (Fsp3) is 0.660. The van der Waals surface area contributed by atoms with E-state index in [1.807, 2.05) is 36.5 Å². The highest BCUT2D eigenvalue weighted by molar-refractivity contribution is 5.70. The smallest absolute Gasteiger partial charge is 0.306 e. The fourth-order valence-corrected chi connectivity index (χ4v) is 5.92. The second kappa shape index (κ2) is 37.2. The monoisotopic (exact) mass is 801 g/mol. The first-order valence-electron chi connectivity index (χ1n) is 21.7. The van der Waals surface area contributed by atoms with E-state index in [1.165, 1.54) is 38.5 Å². The Morgan fingerprint density at radius 1 is 0.579 bits per heavy atom. The molecule has 0 amide bonds. The van der Waals surface area contributed by atoms with Crippen molar-refractivity contribution in [1.29, 1.82) is 0 Å². The van der Waals surface area contributed by atoms with Crippen LogP contribution in [0.1, 0.15) is 142 Å². The van der Waals surface area contributed by atoms with Gasteiger partial charge in [-0.1, -0.05) is 150 Å². The molecule has 0 aromatic heterocycles. The van der Waals surface area contributed by atoms with Crippen molar-refractivity contribution in [2.24, 2.45) is 0 Å². The molecule has 4 N–H and O–H groups in total. The van der Waals surface area contributed by atoms with Gasteiger partial charge in [0.05, 0.1) is 13.2 Å². The molecule has 324 valence electrons. The Morgan fingerprint density at radius 3 is 1.77 bits per heavy atom. The van der Waals surface area contributed by atoms with Gasteiger partial charge in [0, 0.05) is 12.8 Å². The molecular formula is C47H76O10. The molecule has 10 nitrogen and oxygen atoms in total. The number of ether oxygens (including phenoxy) is 4. The minimum Gasteiger partial charge on any atom is -0.462 e. The van der Waals surface area contributed by atoms with Crippen LogP contribution in [0.4, 0.5) is 0 Å². The van der Waals surface area contributed by atoms with E-state index >= 15 is 0 Å². The molecule has 6 atom stereocenters. The third kappa shape index (κ3) is 28.9. The summed E-state index contributed by atoms with van der Waals surface area (Å²) in [7, 11) is 0. The van der Waals surface area contributed by atoms with Gasteiger partial charge in [0.15, 0.2) is 12.4 Å². The summed E-state index contributed by atoms with van der Waals surface area (Å²) in [6.07, 6.45) is 40.2. The Kier molecular flexibility index (Phi) is 33.8. The maximum absolute atomic E-state index is 12.7. The highest BCUT2D eigenvalue weighted by Crippen LogP contribution is 2.22. The van der Waals surface area contributed by atoms with Crippen LogP contribution < -0.4 is 0 Å². The molecule has 1 aliphatic rings. The van der Waals surface area contributed by atoms with Crippen molar-refractivity contribution in [1.82, 2.24) is 0 Å². The molecule has 0 aromatic rings. The van der Waals surface area contributed by atoms with E-state index in [9.17, 15) is 30.0 Å². The summed E-state index contributed by atoms with van der Waals surface area (Å²) in [6.45, 7) is 3.18. The van der Waals surface area contributed by atoms with Gasteiger partial charge in [0.25, 0.3) is 0 Å². The first-order chi connectivity index (χ1) is 27.8. The van der Waals surface area contributed by atoms with Crippen LogP contribution in [0.15, 0.2) is 85.1 Å². The number of rotatable bonds is 34. The van der Waals surface area contributed by atoms with E-state index < -0.39 is 55.4 Å². The SMILES string of the molecule is CC/C=C/C=C/C=C/C=C/CCCCCCCC(=O)O[C@@H](COC(=O)CCC/C=C/C/C=C/C/C=C/CCCCCCCC)CO[C@H]1O[C@@H](CO)[C@@H](O)C(O)C1O. The number of allylic oxidation sites excluding steroid dienone is 14. The second-order valence-corrected chi connectivity index (χ2v) is 14.5. The zero-order valence-corrected chi connectivity index (χ0v) is 35.0. The highest BCUT2D eigenvalue weighted by atomic mass is 16.7. The van der Waals surface area contributed by atoms with E-state index in [0.29, 0.717) is 12.8 Å². The van der Waals surface area contributed by atoms with Crippen LogP contribution in [0.2, 0.25) is 0 Å². The van der Waals surface area contributed by atoms with E-state index in [-0.39, 0.29) is 26.1 Å². The molecule has 10 heteroatoms. The molecule has 1 aliphatic heterocycles. The summed E-state index contributed by atoms with van der Waals surface area (Å²) >= 11 is 0. The zero-order valence-electron chi connectivity index (χ0n) is 35.0. The van der Waals surface area contributed by atoms with Gasteiger partial charge in [-0.3, -0.25) is 9.59 Å². The zero-order chi connectivity index (χ0) is 41.6. The lowest BCUT2D eigenvalue weighted by atomic mass is 9.99. The summed E-state index contributed by atoms with van der Waals surface area (Å²) in [5.74, 6) is -0.904. The third-order valence-electron chi connectivity index (χ3n) is 9.36. The average molecular weight is 801 g/mol. The Morgan fingerprint density at radius 2 is 1.12 bits per heavy atom. The lowest BCUT2D eigenvalue weighted by molar-refractivity contribution is -0.305. The molecule has 0 radical (unpaired) electrons. The minimum atomic E-state index is -1.61. The van der Waals surface area contributed by atoms with Gasteiger partial charge in [-0.2, -0.15) is 0 Å². The summed E-state index contributed by atoms with van der Waals surface area (Å²) in [4.78, 5) is 25.3. The summed E-state index contributed by atoms with van der Waals surface area (Å²) in [5.41, 5.74) is 0. The number of aliphatic hydroxyl groups is 4. The van der Waals surface area contributed by atoms with Gasteiger partial charge in [-0.15, -0.1) is 0 Å². The first kappa shape index (κ1) is 51.9. The van der Waals surface area contributed by atoms with Crippen LogP contribution in [0.5, 0.6) is 0 Å². The second-order valence-electron chi connectivity index (χ2n) is 14.5. The number of carbonyl (C=O) groups is 2. The van der Waals surface area contributed by atoms with Crippen LogP contribution in [-0.2, 0) is 28.5 Å². The minimum absolute atomic E-state index is 0.188. The maximum atomic E-state index is 12.7. The molecule has 0 spiro atoms. The summed E-state index contributed by atoms with van der Waals surface area (Å²) in [5, 5.41) is 40.0. The topological polar surface area (TPSA) is 152 Å². The summed E-state index contributed by atoms with van der Waals surface area (Å²) in [6, 6.07) is 0. The Bertz CT molecular complexity index is 1200. The molecule has 0 saturated carbocycles. The van der Waals surface area contributed by atoms with Crippen LogP contribution >= 0.6 is 0 Å². The summed E-state index contributed by atoms with van der Waals surface area (Å²) < 4.78 is 22.0. The lowest BCUT2D eigenvalue weighted by Crippen LogP contribution is -2.59. The van der Waals surface area contributed by atoms with Crippen molar-refractivity contribution in [2.45, 2.75) is 179 Å². The quantitative estimate of drug-likeness (QED) is 0.0215. The number of hydrogen-bond acceptors (Lipinski definition) is 10. The van der Waals surface area contributed by atoms with Gasteiger partial charge in [-0.25, -0.2) is 0 Å². The van der Waals surface area contributed by atoms with Crippen molar-refractivity contribution in [3.8, 4) is 0 Å². The number of unbranched alkanes of at least 4 members (excludes halogenated alkanes) is 12. The molecule has 1 fully saturated rings. The van der Waals surface area contributed by atoms with Crippen molar-refractivity contribution in [2.75, 3.05) is 19.8 Å². The van der Waals surface area contributed by atoms with E-state index in [0.717, 1.165) is 64.2 Å². The van der Waals surface area contributed by atoms with Gasteiger partial charge in [-0.05, 0) is 64.2 Å². The predicted octanol–water partition coefficient (Wildman–Crippen LogP) is 8.99. The van der Waals surface area contributed by atoms with E-state index in [2.05, 4.69) is 62.5 Å². The van der Waals surface area contributed by atoms with Crippen molar-refractivity contribution >= 4 is 11.9 Å². The van der Waals surface area contributed by atoms with Gasteiger partial charge in [0.1, 0.15) is 31.0 Å². The van der Waals surface area contributed by atoms with Crippen molar-refractivity contribution < 1.29 is 49.0 Å². The van der Waals surface area contributed by atoms with Crippen LogP contribution in [0.25, 0.3) is 0 Å². The van der Waals surface area contributed by atoms with Crippen molar-refractivity contribution in [3.05, 3.63) is 85.1 Å². The Hall–Kier alpha value is -3.12. The number of esters is 2. The molecule has 1 heterocycles. The molecule has 2 unspecified atom stereocenters. The molecule has 0 aliphatic carbocycles. The van der Waals surface area contributed by atoms with Gasteiger partial charge < -0.3 is 39.4 Å². The normalized spacial score (nSPS) is 21.1. The van der Waals surface area contributed by atoms with Crippen LogP contribution in [-0.4, -0.2) is 89.0 Å². The predicted molar refractivity (Wildman–Crippen MR) is 228 cm³/mol. The van der Waals surface area contributed by atoms with E-state index in [1.54, 1.807) is 0 Å². The molecule has 0 aromatic carbocycles. The van der Waals surface area contributed by atoms with E-state index in [4.69, 9.17) is 18.9 Å². The first-order valence-corrected chi connectivity index (χ1v) is 21.7. The van der Waals surface area contributed by atoms with Crippen molar-refractivity contribution in [3.63, 3.8) is 0 Å². The average Bonchev–Trinajstić information content (AvgIpc) is 3.21.